The number of para-hydroxylation sites is 1. The number of hydrogen-bond donors (Lipinski definition) is 0. The van der Waals surface area contributed by atoms with Crippen LogP contribution in [-0.2, 0) is 0 Å². The van der Waals surface area contributed by atoms with E-state index in [1.165, 1.54) is 0 Å². The molecule has 7 aromatic carbocycles. The monoisotopic (exact) mass is 647 g/mol. The molecule has 0 bridgehead atoms. The molecule has 50 heavy (non-hydrogen) atoms. The normalized spacial score (nSPS) is 13.6. The van der Waals surface area contributed by atoms with E-state index in [1.54, 1.807) is 10.6 Å². The van der Waals surface area contributed by atoms with Crippen molar-refractivity contribution in [2.45, 2.75) is 0 Å². The lowest BCUT2D eigenvalue weighted by molar-refractivity contribution is 0.668. The quantitative estimate of drug-likeness (QED) is 0.186. The van der Waals surface area contributed by atoms with E-state index in [9.17, 15) is 4.11 Å². The third-order valence-corrected chi connectivity index (χ3v) is 8.90. The summed E-state index contributed by atoms with van der Waals surface area (Å²) in [5.74, 6) is 0.611. The SMILES string of the molecule is [2H]c1c([2H])c([2H])c2c(c1[2H])c1c([2H])c(-c3nc(-c4ccccc4)nc(-c4ccccc4)n3)c([2H])c([2H])c1n2-c1ccc2c(c1)oc1cccc(-c3ccccc3)c12. The standard InChI is InChI=1S/C45H28N4O/c1-4-13-29(14-5-1)34-20-12-22-40-42(34)36-25-24-33(28-41(36)50-40)49-38-21-11-10-19-35(38)37-27-32(23-26-39(37)49)45-47-43(30-15-6-2-7-16-30)46-44(48-45)31-17-8-3-9-18-31/h1-28H/i10D,11D,19D,21D,23D,26D,27D. The predicted octanol–water partition coefficient (Wildman–Crippen LogP) is 11.5. The Labute approximate surface area is 297 Å². The van der Waals surface area contributed by atoms with Crippen LogP contribution >= 0.6 is 0 Å². The van der Waals surface area contributed by atoms with E-state index in [1.807, 2.05) is 121 Å². The third kappa shape index (κ3) is 4.60. The second-order valence-corrected chi connectivity index (χ2v) is 11.9. The molecule has 0 spiro atoms. The van der Waals surface area contributed by atoms with Crippen molar-refractivity contribution < 1.29 is 14.0 Å². The van der Waals surface area contributed by atoms with Gasteiger partial charge in [-0.2, -0.15) is 0 Å². The maximum Gasteiger partial charge on any atom is 0.164 e. The Kier molecular flexibility index (Phi) is 4.99. The van der Waals surface area contributed by atoms with Crippen LogP contribution in [0.4, 0.5) is 0 Å². The summed E-state index contributed by atoms with van der Waals surface area (Å²) in [5.41, 5.74) is 5.11. The first kappa shape index (κ1) is 21.9. The largest absolute Gasteiger partial charge is 0.456 e. The minimum Gasteiger partial charge on any atom is -0.456 e. The van der Waals surface area contributed by atoms with Crippen LogP contribution in [0.15, 0.2) is 174 Å². The van der Waals surface area contributed by atoms with Crippen LogP contribution in [0, 0.1) is 0 Å². The number of hydrogen-bond acceptors (Lipinski definition) is 4. The van der Waals surface area contributed by atoms with Gasteiger partial charge in [-0.15, -0.1) is 0 Å². The molecule has 0 saturated heterocycles. The van der Waals surface area contributed by atoms with Crippen molar-refractivity contribution in [1.82, 2.24) is 19.5 Å². The number of benzene rings is 7. The van der Waals surface area contributed by atoms with Crippen LogP contribution in [-0.4, -0.2) is 19.5 Å². The highest BCUT2D eigenvalue weighted by Gasteiger charge is 2.18. The molecule has 0 aliphatic heterocycles. The summed E-state index contributed by atoms with van der Waals surface area (Å²) in [6.45, 7) is 0. The molecular formula is C45H28N4O. The number of furan rings is 1. The topological polar surface area (TPSA) is 56.7 Å². The molecule has 0 aliphatic rings. The van der Waals surface area contributed by atoms with Gasteiger partial charge < -0.3 is 8.98 Å². The van der Waals surface area contributed by atoms with Gasteiger partial charge in [-0.05, 0) is 53.5 Å². The molecule has 5 heteroatoms. The third-order valence-electron chi connectivity index (χ3n) is 8.90. The van der Waals surface area contributed by atoms with E-state index < -0.39 is 12.1 Å². The fourth-order valence-electron chi connectivity index (χ4n) is 6.62. The summed E-state index contributed by atoms with van der Waals surface area (Å²) in [7, 11) is 0. The molecule has 0 N–H and O–H groups in total. The lowest BCUT2D eigenvalue weighted by Gasteiger charge is -2.10. The molecule has 0 amide bonds. The second-order valence-electron chi connectivity index (χ2n) is 11.9. The number of aromatic nitrogens is 4. The van der Waals surface area contributed by atoms with Crippen LogP contribution in [0.25, 0.3) is 94.7 Å². The highest BCUT2D eigenvalue weighted by molar-refractivity contribution is 6.14. The summed E-state index contributed by atoms with van der Waals surface area (Å²) >= 11 is 0. The molecule has 0 saturated carbocycles. The lowest BCUT2D eigenvalue weighted by Crippen LogP contribution is -2.00. The molecule has 0 radical (unpaired) electrons. The summed E-state index contributed by atoms with van der Waals surface area (Å²) < 4.78 is 72.3. The first-order chi connectivity index (χ1) is 27.7. The zero-order chi connectivity index (χ0) is 39.1. The van der Waals surface area contributed by atoms with Crippen molar-refractivity contribution in [1.29, 1.82) is 0 Å². The second kappa shape index (κ2) is 11.4. The van der Waals surface area contributed by atoms with E-state index >= 15 is 0 Å². The molecule has 3 aromatic heterocycles. The van der Waals surface area contributed by atoms with Crippen LogP contribution in [0.3, 0.4) is 0 Å². The Morgan fingerprint density at radius 1 is 0.480 bits per heavy atom. The minimum absolute atomic E-state index is 0.00671. The van der Waals surface area contributed by atoms with Crippen molar-refractivity contribution in [2.24, 2.45) is 0 Å². The molecule has 0 fully saturated rings. The van der Waals surface area contributed by atoms with Crippen molar-refractivity contribution in [3.63, 3.8) is 0 Å². The summed E-state index contributed by atoms with van der Waals surface area (Å²) in [6.07, 6.45) is 0. The van der Waals surface area contributed by atoms with Crippen molar-refractivity contribution in [2.75, 3.05) is 0 Å². The van der Waals surface area contributed by atoms with Gasteiger partial charge in [0.25, 0.3) is 0 Å². The molecule has 0 aliphatic carbocycles. The molecule has 0 atom stereocenters. The van der Waals surface area contributed by atoms with E-state index in [-0.39, 0.29) is 63.4 Å². The zero-order valence-corrected chi connectivity index (χ0v) is 26.3. The van der Waals surface area contributed by atoms with Gasteiger partial charge in [0.1, 0.15) is 11.2 Å². The number of fused-ring (bicyclic) bond motifs is 6. The average Bonchev–Trinajstić information content (AvgIpc) is 3.82. The Morgan fingerprint density at radius 3 is 1.80 bits per heavy atom. The van der Waals surface area contributed by atoms with E-state index in [2.05, 4.69) is 0 Å². The molecule has 5 nitrogen and oxygen atoms in total. The molecule has 234 valence electrons. The van der Waals surface area contributed by atoms with Crippen LogP contribution in [0.5, 0.6) is 0 Å². The Bertz CT molecular complexity index is 3200. The number of nitrogens with zero attached hydrogens (tertiary/aromatic N) is 4. The van der Waals surface area contributed by atoms with E-state index in [0.29, 0.717) is 39.6 Å². The Hall–Kier alpha value is -6.85. The van der Waals surface area contributed by atoms with Gasteiger partial charge >= 0.3 is 0 Å². The molecule has 0 unspecified atom stereocenters. The molecule has 3 heterocycles. The van der Waals surface area contributed by atoms with Gasteiger partial charge in [-0.25, -0.2) is 15.0 Å². The van der Waals surface area contributed by atoms with Gasteiger partial charge in [0.05, 0.1) is 20.6 Å². The van der Waals surface area contributed by atoms with Gasteiger partial charge in [0.15, 0.2) is 17.5 Å². The predicted molar refractivity (Wildman–Crippen MR) is 203 cm³/mol. The summed E-state index contributed by atoms with van der Waals surface area (Å²) in [6, 6.07) is 37.4. The zero-order valence-electron chi connectivity index (χ0n) is 33.3. The first-order valence-corrected chi connectivity index (χ1v) is 16.1. The first-order valence-electron chi connectivity index (χ1n) is 19.6. The average molecular weight is 648 g/mol. The van der Waals surface area contributed by atoms with Gasteiger partial charge in [0.2, 0.25) is 0 Å². The van der Waals surface area contributed by atoms with Gasteiger partial charge in [0, 0.05) is 50.0 Å². The van der Waals surface area contributed by atoms with Crippen molar-refractivity contribution in [3.8, 4) is 51.0 Å². The Balaban J connectivity index is 1.28. The van der Waals surface area contributed by atoms with Crippen LogP contribution in [0.2, 0.25) is 0 Å². The number of rotatable bonds is 5. The fourth-order valence-corrected chi connectivity index (χ4v) is 6.62. The van der Waals surface area contributed by atoms with Gasteiger partial charge in [-0.1, -0.05) is 121 Å². The van der Waals surface area contributed by atoms with E-state index in [4.69, 9.17) is 24.9 Å². The van der Waals surface area contributed by atoms with Crippen molar-refractivity contribution in [3.05, 3.63) is 170 Å². The fraction of sp³-hybridized carbons (Fsp3) is 0. The summed E-state index contributed by atoms with van der Waals surface area (Å²) in [4.78, 5) is 14.2. The summed E-state index contributed by atoms with van der Waals surface area (Å²) in [5, 5.41) is 1.88. The van der Waals surface area contributed by atoms with Gasteiger partial charge in [-0.3, -0.25) is 0 Å². The van der Waals surface area contributed by atoms with Crippen LogP contribution in [0.1, 0.15) is 9.60 Å². The minimum atomic E-state index is -0.479. The maximum absolute atomic E-state index is 9.74. The van der Waals surface area contributed by atoms with E-state index in [0.717, 1.165) is 21.9 Å². The van der Waals surface area contributed by atoms with Crippen molar-refractivity contribution >= 4 is 43.7 Å². The maximum atomic E-state index is 9.74. The highest BCUT2D eigenvalue weighted by atomic mass is 16.3. The lowest BCUT2D eigenvalue weighted by atomic mass is 9.99. The highest BCUT2D eigenvalue weighted by Crippen LogP contribution is 2.39. The smallest absolute Gasteiger partial charge is 0.164 e. The molecular weight excluding hydrogens is 613 g/mol. The molecule has 10 rings (SSSR count). The Morgan fingerprint density at radius 2 is 1.10 bits per heavy atom. The molecule has 10 aromatic rings. The van der Waals surface area contributed by atoms with Crippen LogP contribution < -0.4 is 0 Å².